The molecular formula is C12H18N4O2. The third-order valence-electron chi connectivity index (χ3n) is 3.08. The van der Waals surface area contributed by atoms with Gasteiger partial charge in [0, 0.05) is 12.7 Å². The molecule has 1 saturated heterocycles. The molecule has 2 rings (SSSR count). The molecule has 0 aromatic carbocycles. The number of carbonyl (C=O) groups is 1. The van der Waals surface area contributed by atoms with Crippen LogP contribution in [0.5, 0.6) is 0 Å². The van der Waals surface area contributed by atoms with Crippen molar-refractivity contribution in [3.8, 4) is 0 Å². The van der Waals surface area contributed by atoms with Gasteiger partial charge in [-0.15, -0.1) is 0 Å². The van der Waals surface area contributed by atoms with E-state index in [1.807, 2.05) is 18.7 Å². The van der Waals surface area contributed by atoms with Crippen LogP contribution >= 0.6 is 0 Å². The van der Waals surface area contributed by atoms with E-state index >= 15 is 0 Å². The number of hydrazine groups is 1. The number of anilines is 1. The Balaban J connectivity index is 2.24. The Bertz CT molecular complexity index is 438. The van der Waals surface area contributed by atoms with Crippen LogP contribution in [0.2, 0.25) is 0 Å². The fraction of sp³-hybridized carbons (Fsp3) is 0.500. The quantitative estimate of drug-likeness (QED) is 0.594. The van der Waals surface area contributed by atoms with Crippen LogP contribution in [0.4, 0.5) is 5.69 Å². The maximum atomic E-state index is 12.5. The van der Waals surface area contributed by atoms with Crippen molar-refractivity contribution in [2.75, 3.05) is 18.6 Å². The summed E-state index contributed by atoms with van der Waals surface area (Å²) in [5.74, 6) is 5.35. The van der Waals surface area contributed by atoms with Crippen molar-refractivity contribution >= 4 is 11.6 Å². The predicted molar refractivity (Wildman–Crippen MR) is 68.0 cm³/mol. The standard InChI is InChI=1S/C12H18N4O2/c1-8-7-18-9(2)6-16(8)12(17)10-3-4-14-5-11(10)15-13/h3-5,8-9,15H,6-7,13H2,1-2H3. The van der Waals surface area contributed by atoms with Gasteiger partial charge in [-0.05, 0) is 19.9 Å². The van der Waals surface area contributed by atoms with Crippen molar-refractivity contribution in [2.45, 2.75) is 26.0 Å². The van der Waals surface area contributed by atoms with Crippen LogP contribution in [-0.2, 0) is 4.74 Å². The Labute approximate surface area is 106 Å². The van der Waals surface area contributed by atoms with Gasteiger partial charge in [0.25, 0.3) is 5.91 Å². The molecule has 1 aromatic rings. The van der Waals surface area contributed by atoms with E-state index in [-0.39, 0.29) is 18.1 Å². The van der Waals surface area contributed by atoms with Gasteiger partial charge in [0.15, 0.2) is 0 Å². The number of hydrogen-bond donors (Lipinski definition) is 2. The van der Waals surface area contributed by atoms with E-state index in [2.05, 4.69) is 10.4 Å². The zero-order valence-corrected chi connectivity index (χ0v) is 10.6. The lowest BCUT2D eigenvalue weighted by atomic mass is 10.1. The lowest BCUT2D eigenvalue weighted by Crippen LogP contribution is -2.50. The minimum Gasteiger partial charge on any atom is -0.375 e. The largest absolute Gasteiger partial charge is 0.375 e. The molecule has 2 heterocycles. The van der Waals surface area contributed by atoms with Crippen molar-refractivity contribution < 1.29 is 9.53 Å². The van der Waals surface area contributed by atoms with Crippen molar-refractivity contribution in [3.05, 3.63) is 24.0 Å². The zero-order chi connectivity index (χ0) is 13.1. The van der Waals surface area contributed by atoms with Crippen molar-refractivity contribution in [1.82, 2.24) is 9.88 Å². The number of pyridine rings is 1. The third-order valence-corrected chi connectivity index (χ3v) is 3.08. The number of nitrogen functional groups attached to an aromatic ring is 1. The second-order valence-electron chi connectivity index (χ2n) is 4.52. The minimum atomic E-state index is -0.0481. The smallest absolute Gasteiger partial charge is 0.256 e. The Hall–Kier alpha value is -1.66. The molecule has 0 radical (unpaired) electrons. The molecule has 0 bridgehead atoms. The first kappa shape index (κ1) is 12.8. The first-order valence-corrected chi connectivity index (χ1v) is 5.96. The summed E-state index contributed by atoms with van der Waals surface area (Å²) < 4.78 is 5.52. The molecule has 6 nitrogen and oxygen atoms in total. The number of aromatic nitrogens is 1. The molecule has 1 fully saturated rings. The average molecular weight is 250 g/mol. The van der Waals surface area contributed by atoms with Crippen molar-refractivity contribution in [1.29, 1.82) is 0 Å². The van der Waals surface area contributed by atoms with Gasteiger partial charge in [-0.1, -0.05) is 0 Å². The molecule has 1 aliphatic rings. The lowest BCUT2D eigenvalue weighted by molar-refractivity contribution is -0.0386. The highest BCUT2D eigenvalue weighted by atomic mass is 16.5. The molecule has 1 aliphatic heterocycles. The lowest BCUT2D eigenvalue weighted by Gasteiger charge is -2.37. The molecule has 1 amide bonds. The number of rotatable bonds is 2. The molecule has 1 aromatic heterocycles. The van der Waals surface area contributed by atoms with E-state index in [4.69, 9.17) is 10.6 Å². The third kappa shape index (κ3) is 2.44. The fourth-order valence-corrected chi connectivity index (χ4v) is 2.04. The van der Waals surface area contributed by atoms with E-state index in [1.54, 1.807) is 18.5 Å². The first-order chi connectivity index (χ1) is 8.63. The highest BCUT2D eigenvalue weighted by Gasteiger charge is 2.29. The van der Waals surface area contributed by atoms with Crippen LogP contribution in [-0.4, -0.2) is 41.1 Å². The SMILES string of the molecule is CC1CN(C(=O)c2ccncc2NN)C(C)CO1. The molecular weight excluding hydrogens is 232 g/mol. The summed E-state index contributed by atoms with van der Waals surface area (Å²) in [6.07, 6.45) is 3.19. The number of ether oxygens (including phenoxy) is 1. The Kier molecular flexibility index (Phi) is 3.78. The van der Waals surface area contributed by atoms with E-state index in [0.717, 1.165) is 0 Å². The summed E-state index contributed by atoms with van der Waals surface area (Å²) in [4.78, 5) is 18.2. The molecule has 0 saturated carbocycles. The normalized spacial score (nSPS) is 23.8. The van der Waals surface area contributed by atoms with Gasteiger partial charge in [-0.3, -0.25) is 15.6 Å². The molecule has 6 heteroatoms. The van der Waals surface area contributed by atoms with Crippen molar-refractivity contribution in [3.63, 3.8) is 0 Å². The Morgan fingerprint density at radius 1 is 1.61 bits per heavy atom. The van der Waals surface area contributed by atoms with Crippen LogP contribution in [0, 0.1) is 0 Å². The monoisotopic (exact) mass is 250 g/mol. The zero-order valence-electron chi connectivity index (χ0n) is 10.6. The van der Waals surface area contributed by atoms with Gasteiger partial charge in [0.2, 0.25) is 0 Å². The summed E-state index contributed by atoms with van der Waals surface area (Å²) in [6, 6.07) is 1.73. The molecule has 2 unspecified atom stereocenters. The first-order valence-electron chi connectivity index (χ1n) is 5.96. The van der Waals surface area contributed by atoms with Crippen LogP contribution in [0.15, 0.2) is 18.5 Å². The number of nitrogens with zero attached hydrogens (tertiary/aromatic N) is 2. The minimum absolute atomic E-state index is 0.0481. The van der Waals surface area contributed by atoms with E-state index in [0.29, 0.717) is 24.4 Å². The molecule has 3 N–H and O–H groups in total. The predicted octanol–water partition coefficient (Wildman–Crippen LogP) is 0.617. The summed E-state index contributed by atoms with van der Waals surface area (Å²) in [5.41, 5.74) is 3.57. The molecule has 2 atom stereocenters. The molecule has 18 heavy (non-hydrogen) atoms. The van der Waals surface area contributed by atoms with Gasteiger partial charge in [-0.25, -0.2) is 0 Å². The van der Waals surface area contributed by atoms with Gasteiger partial charge in [-0.2, -0.15) is 0 Å². The number of nitrogens with one attached hydrogen (secondary N) is 1. The highest BCUT2D eigenvalue weighted by Crippen LogP contribution is 2.19. The molecule has 0 aliphatic carbocycles. The topological polar surface area (TPSA) is 80.5 Å². The van der Waals surface area contributed by atoms with Gasteiger partial charge in [0.05, 0.1) is 36.2 Å². The summed E-state index contributed by atoms with van der Waals surface area (Å²) in [7, 11) is 0. The molecule has 98 valence electrons. The van der Waals surface area contributed by atoms with Crippen molar-refractivity contribution in [2.24, 2.45) is 5.84 Å². The number of morpholine rings is 1. The van der Waals surface area contributed by atoms with Gasteiger partial charge in [0.1, 0.15) is 0 Å². The number of hydrogen-bond acceptors (Lipinski definition) is 5. The summed E-state index contributed by atoms with van der Waals surface area (Å²) in [5, 5.41) is 0. The molecule has 0 spiro atoms. The summed E-state index contributed by atoms with van der Waals surface area (Å²) >= 11 is 0. The average Bonchev–Trinajstić information content (AvgIpc) is 2.40. The second-order valence-corrected chi connectivity index (χ2v) is 4.52. The number of amides is 1. The highest BCUT2D eigenvalue weighted by molar-refractivity contribution is 5.99. The second kappa shape index (κ2) is 5.32. The van der Waals surface area contributed by atoms with Crippen LogP contribution in [0.3, 0.4) is 0 Å². The number of nitrogens with two attached hydrogens (primary N) is 1. The van der Waals surface area contributed by atoms with Gasteiger partial charge >= 0.3 is 0 Å². The summed E-state index contributed by atoms with van der Waals surface area (Å²) in [6.45, 7) is 5.08. The fourth-order valence-electron chi connectivity index (χ4n) is 2.04. The van der Waals surface area contributed by atoms with E-state index in [1.165, 1.54) is 0 Å². The Morgan fingerprint density at radius 3 is 3.11 bits per heavy atom. The Morgan fingerprint density at radius 2 is 2.39 bits per heavy atom. The van der Waals surface area contributed by atoms with E-state index in [9.17, 15) is 4.79 Å². The van der Waals surface area contributed by atoms with Crippen LogP contribution in [0.1, 0.15) is 24.2 Å². The maximum absolute atomic E-state index is 12.5. The maximum Gasteiger partial charge on any atom is 0.256 e. The van der Waals surface area contributed by atoms with Gasteiger partial charge < -0.3 is 15.1 Å². The number of carbonyl (C=O) groups excluding carboxylic acids is 1. The van der Waals surface area contributed by atoms with Crippen LogP contribution < -0.4 is 11.3 Å². The van der Waals surface area contributed by atoms with Crippen LogP contribution in [0.25, 0.3) is 0 Å². The van der Waals surface area contributed by atoms with E-state index < -0.39 is 0 Å².